The number of allylic oxidation sites excluding steroid dienone is 3. The van der Waals surface area contributed by atoms with Crippen LogP contribution in [-0.2, 0) is 0 Å². The molecule has 0 bridgehead atoms. The zero-order chi connectivity index (χ0) is 9.86. The fourth-order valence-electron chi connectivity index (χ4n) is 1.54. The number of hydrogen-bond donors (Lipinski definition) is 0. The van der Waals surface area contributed by atoms with Crippen molar-refractivity contribution in [3.63, 3.8) is 0 Å². The lowest BCUT2D eigenvalue weighted by Crippen LogP contribution is -2.16. The van der Waals surface area contributed by atoms with Crippen molar-refractivity contribution in [2.75, 3.05) is 0 Å². The highest BCUT2D eigenvalue weighted by molar-refractivity contribution is 8.00. The summed E-state index contributed by atoms with van der Waals surface area (Å²) in [4.78, 5) is 1.34. The molecule has 2 rings (SSSR count). The lowest BCUT2D eigenvalue weighted by atomic mass is 10.0. The van der Waals surface area contributed by atoms with Crippen molar-refractivity contribution >= 4 is 11.8 Å². The molecular weight excluding hydrogens is 188 g/mol. The average Bonchev–Trinajstić information content (AvgIpc) is 2.19. The monoisotopic (exact) mass is 202 g/mol. The van der Waals surface area contributed by atoms with E-state index in [-0.39, 0.29) is 4.75 Å². The summed E-state index contributed by atoms with van der Waals surface area (Å²) in [6.45, 7) is 2.28. The van der Waals surface area contributed by atoms with Crippen molar-refractivity contribution in [2.45, 2.75) is 23.0 Å². The molecule has 1 atom stereocenters. The maximum absolute atomic E-state index is 2.28. The maximum atomic E-state index is 2.28. The second-order valence-electron chi connectivity index (χ2n) is 3.72. The van der Waals surface area contributed by atoms with E-state index < -0.39 is 0 Å². The molecule has 0 nitrogen and oxygen atoms in total. The molecule has 1 unspecified atom stereocenters. The van der Waals surface area contributed by atoms with Crippen LogP contribution in [-0.4, -0.2) is 4.75 Å². The summed E-state index contributed by atoms with van der Waals surface area (Å²) in [7, 11) is 0. The van der Waals surface area contributed by atoms with Crippen molar-refractivity contribution in [3.05, 3.63) is 54.6 Å². The molecule has 0 fully saturated rings. The first-order valence-corrected chi connectivity index (χ1v) is 5.69. The third-order valence-corrected chi connectivity index (χ3v) is 3.59. The van der Waals surface area contributed by atoms with Gasteiger partial charge in [-0.15, -0.1) is 11.8 Å². The smallest absolute Gasteiger partial charge is 0.0395 e. The lowest BCUT2D eigenvalue weighted by Gasteiger charge is -2.25. The van der Waals surface area contributed by atoms with Crippen LogP contribution in [0.15, 0.2) is 59.5 Å². The molecule has 1 aliphatic carbocycles. The summed E-state index contributed by atoms with van der Waals surface area (Å²) >= 11 is 1.93. The van der Waals surface area contributed by atoms with Crippen LogP contribution in [0.3, 0.4) is 0 Å². The molecule has 0 saturated heterocycles. The van der Waals surface area contributed by atoms with Gasteiger partial charge in [0.1, 0.15) is 0 Å². The summed E-state index contributed by atoms with van der Waals surface area (Å²) in [6, 6.07) is 10.6. The van der Waals surface area contributed by atoms with Crippen molar-refractivity contribution in [1.82, 2.24) is 0 Å². The fraction of sp³-hybridized carbons (Fsp3) is 0.231. The van der Waals surface area contributed by atoms with Crippen LogP contribution >= 0.6 is 11.8 Å². The lowest BCUT2D eigenvalue weighted by molar-refractivity contribution is 0.797. The molecule has 0 heterocycles. The molecule has 0 saturated carbocycles. The van der Waals surface area contributed by atoms with Crippen molar-refractivity contribution in [3.8, 4) is 0 Å². The van der Waals surface area contributed by atoms with Gasteiger partial charge < -0.3 is 0 Å². The Morgan fingerprint density at radius 2 is 1.93 bits per heavy atom. The SMILES string of the molecule is CC1(Sc2ccccc2)C=CC=CC1. The Balaban J connectivity index is 2.11. The van der Waals surface area contributed by atoms with E-state index in [0.717, 1.165) is 6.42 Å². The minimum atomic E-state index is 0.232. The Morgan fingerprint density at radius 1 is 1.14 bits per heavy atom. The molecule has 0 radical (unpaired) electrons. The highest BCUT2D eigenvalue weighted by Gasteiger charge is 2.21. The molecule has 1 aliphatic rings. The van der Waals surface area contributed by atoms with Crippen molar-refractivity contribution in [1.29, 1.82) is 0 Å². The topological polar surface area (TPSA) is 0 Å². The Morgan fingerprint density at radius 3 is 2.57 bits per heavy atom. The molecule has 14 heavy (non-hydrogen) atoms. The van der Waals surface area contributed by atoms with Gasteiger partial charge in [-0.05, 0) is 25.5 Å². The zero-order valence-electron chi connectivity index (χ0n) is 8.31. The molecule has 0 N–H and O–H groups in total. The standard InChI is InChI=1S/C13H14S/c1-13(10-6-3-7-11-13)14-12-8-4-2-5-9-12/h2-10H,11H2,1H3. The van der Waals surface area contributed by atoms with E-state index in [1.54, 1.807) is 0 Å². The fourth-order valence-corrected chi connectivity index (χ4v) is 2.70. The van der Waals surface area contributed by atoms with Gasteiger partial charge in [-0.25, -0.2) is 0 Å². The Labute approximate surface area is 89.7 Å². The minimum absolute atomic E-state index is 0.232. The van der Waals surface area contributed by atoms with Gasteiger partial charge in [-0.1, -0.05) is 42.5 Å². The van der Waals surface area contributed by atoms with E-state index in [9.17, 15) is 0 Å². The summed E-state index contributed by atoms with van der Waals surface area (Å²) in [6.07, 6.45) is 9.89. The van der Waals surface area contributed by atoms with Crippen LogP contribution in [0.4, 0.5) is 0 Å². The molecule has 0 aliphatic heterocycles. The van der Waals surface area contributed by atoms with Gasteiger partial charge in [-0.2, -0.15) is 0 Å². The largest absolute Gasteiger partial charge is 0.115 e. The van der Waals surface area contributed by atoms with E-state index in [4.69, 9.17) is 0 Å². The predicted octanol–water partition coefficient (Wildman–Crippen LogP) is 4.05. The van der Waals surface area contributed by atoms with Crippen LogP contribution < -0.4 is 0 Å². The Kier molecular flexibility index (Phi) is 2.78. The quantitative estimate of drug-likeness (QED) is 0.697. The second-order valence-corrected chi connectivity index (χ2v) is 5.33. The number of thioether (sulfide) groups is 1. The Bertz CT molecular complexity index is 351. The van der Waals surface area contributed by atoms with Gasteiger partial charge in [0.05, 0.1) is 0 Å². The predicted molar refractivity (Wildman–Crippen MR) is 63.6 cm³/mol. The first kappa shape index (κ1) is 9.60. The van der Waals surface area contributed by atoms with E-state index in [2.05, 4.69) is 61.6 Å². The van der Waals surface area contributed by atoms with Crippen molar-refractivity contribution in [2.24, 2.45) is 0 Å². The molecule has 1 heteroatoms. The van der Waals surface area contributed by atoms with Crippen LogP contribution in [0.25, 0.3) is 0 Å². The molecule has 1 aromatic carbocycles. The van der Waals surface area contributed by atoms with Gasteiger partial charge >= 0.3 is 0 Å². The van der Waals surface area contributed by atoms with Crippen LogP contribution in [0, 0.1) is 0 Å². The molecule has 72 valence electrons. The summed E-state index contributed by atoms with van der Waals surface area (Å²) < 4.78 is 0.232. The number of hydrogen-bond acceptors (Lipinski definition) is 1. The first-order chi connectivity index (χ1) is 6.79. The third kappa shape index (κ3) is 2.30. The highest BCUT2D eigenvalue weighted by Crippen LogP contribution is 2.38. The second kappa shape index (κ2) is 4.05. The van der Waals surface area contributed by atoms with E-state index >= 15 is 0 Å². The van der Waals surface area contributed by atoms with Crippen LogP contribution in [0.5, 0.6) is 0 Å². The van der Waals surface area contributed by atoms with Crippen molar-refractivity contribution < 1.29 is 0 Å². The maximum Gasteiger partial charge on any atom is 0.0395 e. The van der Waals surface area contributed by atoms with Crippen LogP contribution in [0.2, 0.25) is 0 Å². The third-order valence-electron chi connectivity index (χ3n) is 2.31. The molecule has 0 amide bonds. The van der Waals surface area contributed by atoms with E-state index in [1.165, 1.54) is 4.90 Å². The van der Waals surface area contributed by atoms with E-state index in [0.29, 0.717) is 0 Å². The van der Waals surface area contributed by atoms with Gasteiger partial charge in [0.2, 0.25) is 0 Å². The van der Waals surface area contributed by atoms with Gasteiger partial charge in [-0.3, -0.25) is 0 Å². The summed E-state index contributed by atoms with van der Waals surface area (Å²) in [5, 5.41) is 0. The molecule has 0 aromatic heterocycles. The van der Waals surface area contributed by atoms with Crippen LogP contribution in [0.1, 0.15) is 13.3 Å². The minimum Gasteiger partial charge on any atom is -0.115 e. The average molecular weight is 202 g/mol. The molecule has 1 aromatic rings. The zero-order valence-corrected chi connectivity index (χ0v) is 9.13. The van der Waals surface area contributed by atoms with Gasteiger partial charge in [0.25, 0.3) is 0 Å². The summed E-state index contributed by atoms with van der Waals surface area (Å²) in [5.41, 5.74) is 0. The number of benzene rings is 1. The van der Waals surface area contributed by atoms with Gasteiger partial charge in [0.15, 0.2) is 0 Å². The summed E-state index contributed by atoms with van der Waals surface area (Å²) in [5.74, 6) is 0. The molecular formula is C13H14S. The normalized spacial score (nSPS) is 25.2. The first-order valence-electron chi connectivity index (χ1n) is 4.87. The molecule has 0 spiro atoms. The highest BCUT2D eigenvalue weighted by atomic mass is 32.2. The van der Waals surface area contributed by atoms with Gasteiger partial charge in [0, 0.05) is 9.64 Å². The van der Waals surface area contributed by atoms with E-state index in [1.807, 2.05) is 11.8 Å². The Hall–Kier alpha value is -0.950. The number of rotatable bonds is 2.